The number of aromatic nitrogens is 2. The standard InChI is InChI=1S/C9H16N2S2.BrH/c12-7-1-3-10-5-6-11(9-10)4-2-8-13;/h5-6,9H,1-4,7-8H2,(H-,12,13);1H. The summed E-state index contributed by atoms with van der Waals surface area (Å²) in [5.74, 6) is 1.91. The maximum atomic E-state index is 4.18. The van der Waals surface area contributed by atoms with Crippen molar-refractivity contribution in [1.29, 1.82) is 0 Å². The summed E-state index contributed by atoms with van der Waals surface area (Å²) in [5, 5.41) is 0. The monoisotopic (exact) mass is 296 g/mol. The normalized spacial score (nSPS) is 9.86. The van der Waals surface area contributed by atoms with Gasteiger partial charge in [0.05, 0.1) is 13.1 Å². The second kappa shape index (κ2) is 8.68. The molecule has 0 fully saturated rings. The average Bonchev–Trinajstić information content (AvgIpc) is 2.59. The molecule has 0 radical (unpaired) electrons. The summed E-state index contributed by atoms with van der Waals surface area (Å²) < 4.78 is 4.41. The van der Waals surface area contributed by atoms with Crippen molar-refractivity contribution in [3.8, 4) is 0 Å². The van der Waals surface area contributed by atoms with E-state index in [1.165, 1.54) is 0 Å². The maximum Gasteiger partial charge on any atom is 0.243 e. The minimum absolute atomic E-state index is 0. The van der Waals surface area contributed by atoms with Gasteiger partial charge >= 0.3 is 0 Å². The van der Waals surface area contributed by atoms with Crippen LogP contribution in [0, 0.1) is 0 Å². The molecule has 1 aromatic rings. The van der Waals surface area contributed by atoms with E-state index in [-0.39, 0.29) is 17.0 Å². The fourth-order valence-corrected chi connectivity index (χ4v) is 1.49. The van der Waals surface area contributed by atoms with Gasteiger partial charge in [-0.15, -0.1) is 0 Å². The molecule has 0 saturated carbocycles. The van der Waals surface area contributed by atoms with Crippen molar-refractivity contribution in [3.63, 3.8) is 0 Å². The highest BCUT2D eigenvalue weighted by atomic mass is 79.9. The predicted octanol–water partition coefficient (Wildman–Crippen LogP) is -1.58. The first kappa shape index (κ1) is 14.4. The molecular formula is C9H17BrN2S2. The Morgan fingerprint density at radius 2 is 1.86 bits per heavy atom. The average molecular weight is 297 g/mol. The molecule has 5 heteroatoms. The lowest BCUT2D eigenvalue weighted by atomic mass is 10.5. The van der Waals surface area contributed by atoms with Gasteiger partial charge in [0.1, 0.15) is 12.4 Å². The fourth-order valence-electron chi connectivity index (χ4n) is 1.21. The summed E-state index contributed by atoms with van der Waals surface area (Å²) >= 11 is 8.37. The SMILES string of the molecule is SCCCn1cc[n+](CCCS)c1.[Br-]. The molecule has 0 aliphatic heterocycles. The molecule has 14 heavy (non-hydrogen) atoms. The second-order valence-corrected chi connectivity index (χ2v) is 3.94. The summed E-state index contributed by atoms with van der Waals surface area (Å²) in [5.41, 5.74) is 0. The van der Waals surface area contributed by atoms with Crippen molar-refractivity contribution in [1.82, 2.24) is 4.57 Å². The minimum atomic E-state index is 0. The number of hydrogen-bond acceptors (Lipinski definition) is 2. The number of rotatable bonds is 6. The Bertz CT molecular complexity index is 218. The summed E-state index contributed by atoms with van der Waals surface area (Å²) in [6, 6.07) is 0. The Kier molecular flexibility index (Phi) is 8.92. The van der Waals surface area contributed by atoms with Gasteiger partial charge in [0, 0.05) is 0 Å². The van der Waals surface area contributed by atoms with E-state index in [4.69, 9.17) is 0 Å². The van der Waals surface area contributed by atoms with Crippen molar-refractivity contribution in [2.45, 2.75) is 25.9 Å². The van der Waals surface area contributed by atoms with Gasteiger partial charge in [-0.3, -0.25) is 0 Å². The first-order chi connectivity index (χ1) is 6.36. The summed E-state index contributed by atoms with van der Waals surface area (Å²) in [6.45, 7) is 2.13. The molecule has 1 rings (SSSR count). The Hall–Kier alpha value is 0.390. The number of thiol groups is 2. The topological polar surface area (TPSA) is 8.81 Å². The van der Waals surface area contributed by atoms with E-state index in [2.05, 4.69) is 53.1 Å². The van der Waals surface area contributed by atoms with Gasteiger partial charge < -0.3 is 17.0 Å². The lowest BCUT2D eigenvalue weighted by Crippen LogP contribution is -3.00. The summed E-state index contributed by atoms with van der Waals surface area (Å²) in [7, 11) is 0. The Labute approximate surface area is 107 Å². The first-order valence-corrected chi connectivity index (χ1v) is 5.90. The van der Waals surface area contributed by atoms with Crippen LogP contribution in [-0.2, 0) is 13.1 Å². The van der Waals surface area contributed by atoms with Crippen molar-refractivity contribution in [2.24, 2.45) is 0 Å². The van der Waals surface area contributed by atoms with Gasteiger partial charge in [0.2, 0.25) is 6.33 Å². The lowest BCUT2D eigenvalue weighted by Gasteiger charge is -1.93. The molecule has 2 nitrogen and oxygen atoms in total. The number of nitrogens with zero attached hydrogens (tertiary/aromatic N) is 2. The van der Waals surface area contributed by atoms with Gasteiger partial charge in [-0.2, -0.15) is 25.3 Å². The molecule has 0 bridgehead atoms. The molecule has 82 valence electrons. The third-order valence-corrected chi connectivity index (χ3v) is 2.53. The molecule has 0 unspecified atom stereocenters. The Morgan fingerprint density at radius 1 is 1.14 bits per heavy atom. The van der Waals surface area contributed by atoms with Crippen molar-refractivity contribution < 1.29 is 21.5 Å². The van der Waals surface area contributed by atoms with Gasteiger partial charge in [0.25, 0.3) is 0 Å². The highest BCUT2D eigenvalue weighted by Crippen LogP contribution is 1.92. The molecular weight excluding hydrogens is 280 g/mol. The molecule has 0 aliphatic carbocycles. The van der Waals surface area contributed by atoms with E-state index < -0.39 is 0 Å². The highest BCUT2D eigenvalue weighted by Gasteiger charge is 2.01. The van der Waals surface area contributed by atoms with Crippen LogP contribution in [0.2, 0.25) is 0 Å². The lowest BCUT2D eigenvalue weighted by molar-refractivity contribution is -0.696. The van der Waals surface area contributed by atoms with E-state index in [1.807, 2.05) is 0 Å². The first-order valence-electron chi connectivity index (χ1n) is 4.63. The zero-order chi connectivity index (χ0) is 9.52. The van der Waals surface area contributed by atoms with Crippen LogP contribution in [0.1, 0.15) is 12.8 Å². The van der Waals surface area contributed by atoms with Crippen molar-refractivity contribution in [3.05, 3.63) is 18.7 Å². The van der Waals surface area contributed by atoms with E-state index in [0.29, 0.717) is 0 Å². The van der Waals surface area contributed by atoms with Gasteiger partial charge in [-0.05, 0) is 24.3 Å². The third kappa shape index (κ3) is 5.32. The van der Waals surface area contributed by atoms with Crippen molar-refractivity contribution in [2.75, 3.05) is 11.5 Å². The number of aryl methyl sites for hydroxylation is 2. The maximum absolute atomic E-state index is 4.18. The summed E-state index contributed by atoms with van der Waals surface area (Å²) in [4.78, 5) is 0. The predicted molar refractivity (Wildman–Crippen MR) is 61.6 cm³/mol. The van der Waals surface area contributed by atoms with Crippen molar-refractivity contribution >= 4 is 25.3 Å². The van der Waals surface area contributed by atoms with Crippen LogP contribution in [0.3, 0.4) is 0 Å². The van der Waals surface area contributed by atoms with E-state index >= 15 is 0 Å². The summed E-state index contributed by atoms with van der Waals surface area (Å²) in [6.07, 6.45) is 8.63. The van der Waals surface area contributed by atoms with E-state index in [1.54, 1.807) is 0 Å². The number of imidazole rings is 1. The zero-order valence-electron chi connectivity index (χ0n) is 8.14. The second-order valence-electron chi connectivity index (χ2n) is 3.04. The molecule has 0 spiro atoms. The van der Waals surface area contributed by atoms with Gasteiger partial charge in [-0.25, -0.2) is 9.13 Å². The molecule has 0 atom stereocenters. The number of halogens is 1. The smallest absolute Gasteiger partial charge is 0.243 e. The van der Waals surface area contributed by atoms with Gasteiger partial charge in [0.15, 0.2) is 0 Å². The van der Waals surface area contributed by atoms with Crippen LogP contribution < -0.4 is 21.5 Å². The molecule has 0 N–H and O–H groups in total. The van der Waals surface area contributed by atoms with Crippen LogP contribution in [-0.4, -0.2) is 16.1 Å². The van der Waals surface area contributed by atoms with Gasteiger partial charge in [-0.1, -0.05) is 0 Å². The van der Waals surface area contributed by atoms with Crippen LogP contribution in [0.4, 0.5) is 0 Å². The van der Waals surface area contributed by atoms with Crippen LogP contribution in [0.25, 0.3) is 0 Å². The quantitative estimate of drug-likeness (QED) is 0.463. The molecule has 1 heterocycles. The number of hydrogen-bond donors (Lipinski definition) is 2. The van der Waals surface area contributed by atoms with E-state index in [9.17, 15) is 0 Å². The molecule has 1 aromatic heterocycles. The zero-order valence-corrected chi connectivity index (χ0v) is 11.5. The van der Waals surface area contributed by atoms with Crippen LogP contribution in [0.15, 0.2) is 18.7 Å². The fraction of sp³-hybridized carbons (Fsp3) is 0.667. The molecule has 0 saturated heterocycles. The van der Waals surface area contributed by atoms with E-state index in [0.717, 1.165) is 37.4 Å². The Balaban J connectivity index is 0.00000169. The largest absolute Gasteiger partial charge is 1.00 e. The third-order valence-electron chi connectivity index (χ3n) is 1.90. The minimum Gasteiger partial charge on any atom is -1.00 e. The van der Waals surface area contributed by atoms with Crippen LogP contribution >= 0.6 is 25.3 Å². The molecule has 0 aromatic carbocycles. The Morgan fingerprint density at radius 3 is 2.50 bits per heavy atom. The highest BCUT2D eigenvalue weighted by molar-refractivity contribution is 7.80. The molecule has 0 amide bonds. The molecule has 0 aliphatic rings. The van der Waals surface area contributed by atoms with Crippen LogP contribution in [0.5, 0.6) is 0 Å².